The highest BCUT2D eigenvalue weighted by molar-refractivity contribution is 5.87. The number of rotatable bonds is 6. The number of nitrogens with two attached hydrogens (primary N) is 2. The molecule has 19 heavy (non-hydrogen) atoms. The summed E-state index contributed by atoms with van der Waals surface area (Å²) in [4.78, 5) is 22.5. The van der Waals surface area contributed by atoms with Crippen molar-refractivity contribution in [1.82, 2.24) is 5.32 Å². The highest BCUT2D eigenvalue weighted by Crippen LogP contribution is 2.24. The maximum Gasteiger partial charge on any atom is 0.237 e. The number of ether oxygens (including phenoxy) is 1. The number of methoxy groups -OCH3 is 1. The molecular formula is C13H19N3O3. The zero-order valence-corrected chi connectivity index (χ0v) is 11.1. The number of hydrogen-bond donors (Lipinski definition) is 3. The molecule has 6 nitrogen and oxygen atoms in total. The lowest BCUT2D eigenvalue weighted by Gasteiger charge is -2.19. The van der Waals surface area contributed by atoms with E-state index in [1.807, 2.05) is 25.1 Å². The predicted molar refractivity (Wildman–Crippen MR) is 71.3 cm³/mol. The maximum absolute atomic E-state index is 11.8. The van der Waals surface area contributed by atoms with Crippen LogP contribution in [0.25, 0.3) is 0 Å². The van der Waals surface area contributed by atoms with Crippen molar-refractivity contribution in [3.05, 3.63) is 29.8 Å². The van der Waals surface area contributed by atoms with E-state index >= 15 is 0 Å². The van der Waals surface area contributed by atoms with Gasteiger partial charge in [0.15, 0.2) is 0 Å². The minimum Gasteiger partial charge on any atom is -0.496 e. The summed E-state index contributed by atoms with van der Waals surface area (Å²) in [6.45, 7) is 1.81. The molecule has 1 aromatic carbocycles. The number of primary amides is 1. The van der Waals surface area contributed by atoms with Crippen LogP contribution in [-0.2, 0) is 9.59 Å². The highest BCUT2D eigenvalue weighted by atomic mass is 16.5. The van der Waals surface area contributed by atoms with Gasteiger partial charge in [-0.15, -0.1) is 0 Å². The van der Waals surface area contributed by atoms with Gasteiger partial charge < -0.3 is 21.5 Å². The summed E-state index contributed by atoms with van der Waals surface area (Å²) in [5.74, 6) is -0.344. The van der Waals surface area contributed by atoms with Gasteiger partial charge in [0.2, 0.25) is 11.8 Å². The molecule has 0 aliphatic carbocycles. The Morgan fingerprint density at radius 2 is 2.00 bits per heavy atom. The molecule has 0 fully saturated rings. The molecule has 0 aromatic heterocycles. The van der Waals surface area contributed by atoms with Crippen LogP contribution < -0.4 is 21.5 Å². The molecule has 2 amide bonds. The van der Waals surface area contributed by atoms with Gasteiger partial charge in [-0.1, -0.05) is 18.2 Å². The Morgan fingerprint density at radius 3 is 2.58 bits per heavy atom. The van der Waals surface area contributed by atoms with E-state index in [0.717, 1.165) is 5.56 Å². The monoisotopic (exact) mass is 265 g/mol. The summed E-state index contributed by atoms with van der Waals surface area (Å²) >= 11 is 0. The molecule has 0 bridgehead atoms. The van der Waals surface area contributed by atoms with Crippen LogP contribution in [0.5, 0.6) is 5.75 Å². The van der Waals surface area contributed by atoms with Gasteiger partial charge in [0.1, 0.15) is 5.75 Å². The lowest BCUT2D eigenvalue weighted by molar-refractivity contribution is -0.126. The van der Waals surface area contributed by atoms with Gasteiger partial charge in [0.25, 0.3) is 0 Å². The molecular weight excluding hydrogens is 246 g/mol. The second kappa shape index (κ2) is 6.75. The van der Waals surface area contributed by atoms with E-state index in [0.29, 0.717) is 5.75 Å². The molecule has 0 spiro atoms. The number of benzene rings is 1. The summed E-state index contributed by atoms with van der Waals surface area (Å²) in [6, 6.07) is 6.14. The fourth-order valence-electron chi connectivity index (χ4n) is 1.73. The quantitative estimate of drug-likeness (QED) is 0.676. The second-order valence-corrected chi connectivity index (χ2v) is 4.25. The molecule has 2 atom stereocenters. The molecule has 0 aliphatic rings. The van der Waals surface area contributed by atoms with Gasteiger partial charge in [-0.05, 0) is 13.0 Å². The molecule has 0 aliphatic heterocycles. The first-order valence-corrected chi connectivity index (χ1v) is 5.93. The third-order valence-electron chi connectivity index (χ3n) is 2.72. The van der Waals surface area contributed by atoms with Crippen LogP contribution in [0.1, 0.15) is 24.9 Å². The summed E-state index contributed by atoms with van der Waals surface area (Å²) in [7, 11) is 1.56. The minimum atomic E-state index is -0.936. The minimum absolute atomic E-state index is 0.176. The van der Waals surface area contributed by atoms with Crippen LogP contribution in [-0.4, -0.2) is 25.0 Å². The van der Waals surface area contributed by atoms with Crippen LogP contribution in [0.2, 0.25) is 0 Å². The second-order valence-electron chi connectivity index (χ2n) is 4.25. The lowest BCUT2D eigenvalue weighted by Crippen LogP contribution is -2.43. The summed E-state index contributed by atoms with van der Waals surface area (Å²) in [5.41, 5.74) is 11.4. The van der Waals surface area contributed by atoms with E-state index in [-0.39, 0.29) is 12.5 Å². The Bertz CT molecular complexity index is 462. The lowest BCUT2D eigenvalue weighted by atomic mass is 10.1. The van der Waals surface area contributed by atoms with Crippen LogP contribution in [0.15, 0.2) is 24.3 Å². The molecule has 0 saturated heterocycles. The third kappa shape index (κ3) is 4.26. The molecule has 1 unspecified atom stereocenters. The average molecular weight is 265 g/mol. The number of hydrogen-bond acceptors (Lipinski definition) is 4. The average Bonchev–Trinajstić information content (AvgIpc) is 2.37. The fourth-order valence-corrected chi connectivity index (χ4v) is 1.73. The fraction of sp³-hybridized carbons (Fsp3) is 0.385. The van der Waals surface area contributed by atoms with Crippen LogP contribution in [0, 0.1) is 0 Å². The Kier molecular flexibility index (Phi) is 5.32. The van der Waals surface area contributed by atoms with Crippen molar-refractivity contribution in [2.75, 3.05) is 7.11 Å². The number of para-hydroxylation sites is 1. The zero-order valence-electron chi connectivity index (χ0n) is 11.1. The molecule has 6 heteroatoms. The van der Waals surface area contributed by atoms with E-state index in [1.165, 1.54) is 0 Å². The highest BCUT2D eigenvalue weighted by Gasteiger charge is 2.19. The molecule has 0 saturated carbocycles. The molecule has 0 heterocycles. The van der Waals surface area contributed by atoms with Gasteiger partial charge in [-0.3, -0.25) is 9.59 Å². The van der Waals surface area contributed by atoms with Crippen molar-refractivity contribution in [2.45, 2.75) is 25.4 Å². The van der Waals surface area contributed by atoms with Gasteiger partial charge in [-0.2, -0.15) is 0 Å². The van der Waals surface area contributed by atoms with E-state index < -0.39 is 17.9 Å². The summed E-state index contributed by atoms with van der Waals surface area (Å²) in [6.07, 6.45) is -0.176. The molecule has 0 radical (unpaired) electrons. The van der Waals surface area contributed by atoms with Crippen molar-refractivity contribution < 1.29 is 14.3 Å². The van der Waals surface area contributed by atoms with E-state index in [4.69, 9.17) is 16.2 Å². The Labute approximate surface area is 112 Å². The first-order valence-electron chi connectivity index (χ1n) is 5.93. The van der Waals surface area contributed by atoms with Gasteiger partial charge in [0.05, 0.1) is 25.6 Å². The number of amides is 2. The summed E-state index contributed by atoms with van der Waals surface area (Å²) < 4.78 is 5.22. The number of carbonyl (C=O) groups excluding carboxylic acids is 2. The van der Waals surface area contributed by atoms with E-state index in [9.17, 15) is 9.59 Å². The van der Waals surface area contributed by atoms with Crippen molar-refractivity contribution in [3.8, 4) is 5.75 Å². The third-order valence-corrected chi connectivity index (χ3v) is 2.72. The topological polar surface area (TPSA) is 107 Å². The van der Waals surface area contributed by atoms with Gasteiger partial charge in [0, 0.05) is 5.56 Å². The maximum atomic E-state index is 11.8. The molecule has 104 valence electrons. The summed E-state index contributed by atoms with van der Waals surface area (Å²) in [5, 5.41) is 2.72. The first-order chi connectivity index (χ1) is 8.95. The van der Waals surface area contributed by atoms with Crippen molar-refractivity contribution >= 4 is 11.8 Å². The normalized spacial score (nSPS) is 13.4. The van der Waals surface area contributed by atoms with Crippen LogP contribution in [0.3, 0.4) is 0 Å². The molecule has 1 aromatic rings. The van der Waals surface area contributed by atoms with Crippen molar-refractivity contribution in [1.29, 1.82) is 0 Å². The largest absolute Gasteiger partial charge is 0.496 e. The van der Waals surface area contributed by atoms with Crippen molar-refractivity contribution in [2.24, 2.45) is 11.5 Å². The Balaban J connectivity index is 2.71. The van der Waals surface area contributed by atoms with Crippen LogP contribution in [0.4, 0.5) is 0 Å². The SMILES string of the molecule is COc1ccccc1[C@H](C)NC(=O)C(N)CC(N)=O. The van der Waals surface area contributed by atoms with E-state index in [1.54, 1.807) is 13.2 Å². The first kappa shape index (κ1) is 15.0. The molecule has 1 rings (SSSR count). The standard InChI is InChI=1S/C13H19N3O3/c1-8(9-5-3-4-6-11(9)19-2)16-13(18)10(14)7-12(15)17/h3-6,8,10H,7,14H2,1-2H3,(H2,15,17)(H,16,18)/t8-,10?/m0/s1. The molecule has 5 N–H and O–H groups in total. The number of carbonyl (C=O) groups is 2. The zero-order chi connectivity index (χ0) is 14.4. The number of nitrogens with one attached hydrogen (secondary N) is 1. The Morgan fingerprint density at radius 1 is 1.37 bits per heavy atom. The van der Waals surface area contributed by atoms with E-state index in [2.05, 4.69) is 5.32 Å². The van der Waals surface area contributed by atoms with Gasteiger partial charge in [-0.25, -0.2) is 0 Å². The predicted octanol–water partition coefficient (Wildman–Crippen LogP) is 0.0751. The van der Waals surface area contributed by atoms with Crippen LogP contribution >= 0.6 is 0 Å². The van der Waals surface area contributed by atoms with Crippen molar-refractivity contribution in [3.63, 3.8) is 0 Å². The smallest absolute Gasteiger partial charge is 0.237 e. The van der Waals surface area contributed by atoms with Gasteiger partial charge >= 0.3 is 0 Å². The Hall–Kier alpha value is -2.08.